The third kappa shape index (κ3) is 5.65. The summed E-state index contributed by atoms with van der Waals surface area (Å²) in [5, 5.41) is 2.67. The fraction of sp³-hybridized carbons (Fsp3) is 0.733. The van der Waals surface area contributed by atoms with Gasteiger partial charge in [0, 0.05) is 5.41 Å². The quantitative estimate of drug-likeness (QED) is 0.320. The number of allylic oxidation sites excluding steroid dienone is 2. The first kappa shape index (κ1) is 24.6. The molecule has 0 aliphatic heterocycles. The minimum atomic E-state index is 0.377. The van der Waals surface area contributed by atoms with E-state index in [9.17, 15) is 0 Å². The molecule has 1 nitrogen and oxygen atoms in total. The molecule has 0 unspecified atom stereocenters. The zero-order valence-corrected chi connectivity index (χ0v) is 21.7. The van der Waals surface area contributed by atoms with Crippen LogP contribution in [0.1, 0.15) is 116 Å². The van der Waals surface area contributed by atoms with Crippen molar-refractivity contribution >= 4 is 0 Å². The van der Waals surface area contributed by atoms with Gasteiger partial charge in [0.25, 0.3) is 0 Å². The predicted molar refractivity (Wildman–Crippen MR) is 136 cm³/mol. The molecule has 4 atom stereocenters. The second-order valence-corrected chi connectivity index (χ2v) is 12.1. The first-order chi connectivity index (χ1) is 14.7. The van der Waals surface area contributed by atoms with E-state index >= 15 is 0 Å². The Balaban J connectivity index is 1.61. The molecule has 174 valence electrons. The molecule has 0 radical (unpaired) electrons. The number of hydrogen-bond donors (Lipinski definition) is 1. The summed E-state index contributed by atoms with van der Waals surface area (Å²) in [6.07, 6.45) is 13.2. The molecular weight excluding hydrogens is 374 g/mol. The van der Waals surface area contributed by atoms with E-state index in [4.69, 9.17) is 0 Å². The van der Waals surface area contributed by atoms with E-state index in [1.165, 1.54) is 75.6 Å². The highest BCUT2D eigenvalue weighted by atomic mass is 14.9. The molecule has 2 N–H and O–H groups in total. The van der Waals surface area contributed by atoms with E-state index in [-0.39, 0.29) is 0 Å². The number of nitrogens with two attached hydrogens (primary N) is 1. The Labute approximate surface area is 193 Å². The molecule has 1 heteroatoms. The van der Waals surface area contributed by atoms with Gasteiger partial charge in [-0.3, -0.25) is 0 Å². The van der Waals surface area contributed by atoms with Crippen LogP contribution >= 0.6 is 0 Å². The lowest BCUT2D eigenvalue weighted by Crippen LogP contribution is -2.88. The highest BCUT2D eigenvalue weighted by Gasteiger charge is 2.52. The zero-order valence-electron chi connectivity index (χ0n) is 21.7. The highest BCUT2D eigenvalue weighted by Crippen LogP contribution is 2.56. The van der Waals surface area contributed by atoms with Gasteiger partial charge in [0.2, 0.25) is 0 Å². The van der Waals surface area contributed by atoms with E-state index in [0.717, 1.165) is 11.8 Å². The van der Waals surface area contributed by atoms with Crippen molar-refractivity contribution in [3.05, 3.63) is 46.5 Å². The molecule has 3 rings (SSSR count). The summed E-state index contributed by atoms with van der Waals surface area (Å²) in [6, 6.07) is 7.47. The van der Waals surface area contributed by atoms with Crippen LogP contribution in [0.3, 0.4) is 0 Å². The van der Waals surface area contributed by atoms with Crippen molar-refractivity contribution in [3.8, 4) is 0 Å². The molecule has 1 fully saturated rings. The number of benzene rings is 1. The summed E-state index contributed by atoms with van der Waals surface area (Å²) in [5.74, 6) is 2.30. The van der Waals surface area contributed by atoms with E-state index in [0.29, 0.717) is 16.7 Å². The van der Waals surface area contributed by atoms with Crippen LogP contribution < -0.4 is 5.32 Å². The lowest BCUT2D eigenvalue weighted by molar-refractivity contribution is -0.669. The van der Waals surface area contributed by atoms with Gasteiger partial charge < -0.3 is 5.32 Å². The summed E-state index contributed by atoms with van der Waals surface area (Å²) in [4.78, 5) is 0. The molecule has 31 heavy (non-hydrogen) atoms. The number of fused-ring (bicyclic) bond motifs is 3. The van der Waals surface area contributed by atoms with Crippen LogP contribution in [-0.2, 0) is 11.8 Å². The van der Waals surface area contributed by atoms with Crippen LogP contribution in [0.5, 0.6) is 0 Å². The smallest absolute Gasteiger partial charge is 0.0812 e. The fourth-order valence-electron chi connectivity index (χ4n) is 6.88. The average molecular weight is 425 g/mol. The topological polar surface area (TPSA) is 16.6 Å². The van der Waals surface area contributed by atoms with Gasteiger partial charge in [-0.15, -0.1) is 0 Å². The molecular formula is C30H50N+. The molecule has 1 aromatic rings. The summed E-state index contributed by atoms with van der Waals surface area (Å²) >= 11 is 0. The molecule has 0 saturated heterocycles. The normalized spacial score (nSPS) is 28.7. The molecule has 1 saturated carbocycles. The third-order valence-corrected chi connectivity index (χ3v) is 8.85. The van der Waals surface area contributed by atoms with E-state index < -0.39 is 0 Å². The molecule has 0 amide bonds. The van der Waals surface area contributed by atoms with Gasteiger partial charge in [-0.05, 0) is 98.7 Å². The Morgan fingerprint density at radius 1 is 1.13 bits per heavy atom. The van der Waals surface area contributed by atoms with Crippen LogP contribution in [0.15, 0.2) is 29.8 Å². The van der Waals surface area contributed by atoms with Gasteiger partial charge >= 0.3 is 0 Å². The number of aryl methyl sites for hydroxylation is 1. The monoisotopic (exact) mass is 424 g/mol. The maximum atomic E-state index is 2.67. The summed E-state index contributed by atoms with van der Waals surface area (Å²) in [7, 11) is 0. The second kappa shape index (κ2) is 10.2. The Hall–Kier alpha value is -1.08. The van der Waals surface area contributed by atoms with E-state index in [1.807, 2.05) is 0 Å². The van der Waals surface area contributed by atoms with Crippen LogP contribution in [0.2, 0.25) is 0 Å². The number of hydrogen-bond acceptors (Lipinski definition) is 0. The highest BCUT2D eigenvalue weighted by molar-refractivity contribution is 5.42. The van der Waals surface area contributed by atoms with Crippen molar-refractivity contribution in [3.63, 3.8) is 0 Å². The van der Waals surface area contributed by atoms with Crippen LogP contribution in [0.4, 0.5) is 0 Å². The largest absolute Gasteiger partial charge is 0.346 e. The molecule has 0 aromatic heterocycles. The predicted octanol–water partition coefficient (Wildman–Crippen LogP) is 7.16. The first-order valence-corrected chi connectivity index (χ1v) is 13.2. The SMILES string of the molecule is CC(C)=CCC[C@@H](C)CC[NH2+]C[C@]1(C)CCC[C@]2(C)c3ccc(C(C)C)cc3CC[C@@H]12. The van der Waals surface area contributed by atoms with Crippen LogP contribution in [0, 0.1) is 17.3 Å². The Bertz CT molecular complexity index is 756. The lowest BCUT2D eigenvalue weighted by atomic mass is 9.49. The standard InChI is InChI=1S/C30H49N/c1-22(2)10-8-11-24(5)16-19-31-21-29(6)17-9-18-30(7)27-14-12-25(23(3)4)20-26(27)13-15-28(29)30/h10,12,14,20,23-24,28,31H,8-9,11,13,15-19,21H2,1-7H3/p+1/t24-,28+,29+,30-/m1/s1. The maximum Gasteiger partial charge on any atom is 0.0812 e. The van der Waals surface area contributed by atoms with E-state index in [2.05, 4.69) is 78.1 Å². The summed E-state index contributed by atoms with van der Waals surface area (Å²) in [6.45, 7) is 19.3. The maximum absolute atomic E-state index is 2.67. The first-order valence-electron chi connectivity index (χ1n) is 13.2. The van der Waals surface area contributed by atoms with Crippen molar-refractivity contribution in [2.45, 2.75) is 111 Å². The van der Waals surface area contributed by atoms with Crippen LogP contribution in [-0.4, -0.2) is 13.1 Å². The summed E-state index contributed by atoms with van der Waals surface area (Å²) < 4.78 is 0. The number of quaternary nitrogens is 1. The van der Waals surface area contributed by atoms with Gasteiger partial charge in [0.15, 0.2) is 0 Å². The van der Waals surface area contributed by atoms with Crippen LogP contribution in [0.25, 0.3) is 0 Å². The molecule has 0 bridgehead atoms. The van der Waals surface area contributed by atoms with Gasteiger partial charge in [-0.1, -0.05) is 70.9 Å². The fourth-order valence-corrected chi connectivity index (χ4v) is 6.88. The van der Waals surface area contributed by atoms with Crippen molar-refractivity contribution in [2.24, 2.45) is 17.3 Å². The molecule has 0 spiro atoms. The Kier molecular flexibility index (Phi) is 8.11. The Morgan fingerprint density at radius 3 is 2.61 bits per heavy atom. The van der Waals surface area contributed by atoms with Gasteiger partial charge in [-0.2, -0.15) is 0 Å². The van der Waals surface area contributed by atoms with Gasteiger partial charge in [-0.25, -0.2) is 0 Å². The third-order valence-electron chi connectivity index (χ3n) is 8.85. The van der Waals surface area contributed by atoms with Crippen molar-refractivity contribution in [1.82, 2.24) is 0 Å². The molecule has 2 aliphatic carbocycles. The van der Waals surface area contributed by atoms with Crippen molar-refractivity contribution in [1.29, 1.82) is 0 Å². The molecule has 0 heterocycles. The molecule has 2 aliphatic rings. The van der Waals surface area contributed by atoms with Crippen molar-refractivity contribution in [2.75, 3.05) is 13.1 Å². The van der Waals surface area contributed by atoms with E-state index in [1.54, 1.807) is 11.1 Å². The Morgan fingerprint density at radius 2 is 1.90 bits per heavy atom. The second-order valence-electron chi connectivity index (χ2n) is 12.1. The summed E-state index contributed by atoms with van der Waals surface area (Å²) in [5.41, 5.74) is 7.18. The minimum Gasteiger partial charge on any atom is -0.346 e. The lowest BCUT2D eigenvalue weighted by Gasteiger charge is -2.55. The van der Waals surface area contributed by atoms with Gasteiger partial charge in [0.1, 0.15) is 0 Å². The number of rotatable bonds is 9. The average Bonchev–Trinajstić information content (AvgIpc) is 2.70. The van der Waals surface area contributed by atoms with Crippen molar-refractivity contribution < 1.29 is 5.32 Å². The molecule has 1 aromatic carbocycles. The zero-order chi connectivity index (χ0) is 22.6. The van der Waals surface area contributed by atoms with Gasteiger partial charge in [0.05, 0.1) is 13.1 Å². The minimum absolute atomic E-state index is 0.377.